The fraction of sp³-hybridized carbons (Fsp3) is 0.200. The first-order valence-corrected chi connectivity index (χ1v) is 12.0. The molecule has 11 nitrogen and oxygen atoms in total. The molecule has 1 amide bonds. The number of anilines is 2. The maximum absolute atomic E-state index is 12.2. The highest BCUT2D eigenvalue weighted by Crippen LogP contribution is 2.31. The summed E-state index contributed by atoms with van der Waals surface area (Å²) in [5, 5.41) is 16.6. The first-order chi connectivity index (χ1) is 18.0. The minimum Gasteiger partial charge on any atom is -0.495 e. The van der Waals surface area contributed by atoms with Crippen molar-refractivity contribution in [3.8, 4) is 28.7 Å². The number of carbonyl (C=O) groups is 1. The van der Waals surface area contributed by atoms with E-state index in [0.29, 0.717) is 46.6 Å². The monoisotopic (exact) mass is 516 g/mol. The van der Waals surface area contributed by atoms with E-state index >= 15 is 0 Å². The average Bonchev–Trinajstić information content (AvgIpc) is 3.45. The first-order valence-electron chi connectivity index (χ1n) is 11.1. The van der Waals surface area contributed by atoms with E-state index in [-0.39, 0.29) is 5.91 Å². The molecule has 0 spiro atoms. The van der Waals surface area contributed by atoms with E-state index < -0.39 is 0 Å². The van der Waals surface area contributed by atoms with Crippen LogP contribution in [0.4, 0.5) is 11.6 Å². The molecule has 0 unspecified atom stereocenters. The predicted molar refractivity (Wildman–Crippen MR) is 140 cm³/mol. The lowest BCUT2D eigenvalue weighted by atomic mass is 10.1. The van der Waals surface area contributed by atoms with Crippen LogP contribution < -0.4 is 14.2 Å². The van der Waals surface area contributed by atoms with Crippen LogP contribution in [0.3, 0.4) is 0 Å². The zero-order valence-corrected chi connectivity index (χ0v) is 21.3. The van der Waals surface area contributed by atoms with Crippen LogP contribution in [-0.2, 0) is 6.54 Å². The van der Waals surface area contributed by atoms with E-state index in [2.05, 4.69) is 31.4 Å². The SMILES string of the molecule is COc1cc(C(=O)N(C)C)ccc1Nc1ncc(-c2ccc(C#N)c(OSCCn3cncn3)c2)cn1. The highest BCUT2D eigenvalue weighted by Gasteiger charge is 2.13. The van der Waals surface area contributed by atoms with Crippen molar-refractivity contribution < 1.29 is 13.7 Å². The Hall–Kier alpha value is -4.63. The van der Waals surface area contributed by atoms with Crippen LogP contribution in [-0.4, -0.2) is 62.5 Å². The van der Waals surface area contributed by atoms with Gasteiger partial charge < -0.3 is 19.1 Å². The topological polar surface area (TPSA) is 131 Å². The van der Waals surface area contributed by atoms with E-state index in [1.165, 1.54) is 30.4 Å². The number of aryl methyl sites for hydroxylation is 1. The Balaban J connectivity index is 1.45. The number of aromatic nitrogens is 5. The molecule has 0 aliphatic rings. The number of ether oxygens (including phenoxy) is 1. The number of nitrogens with one attached hydrogen (secondary N) is 1. The van der Waals surface area contributed by atoms with Crippen LogP contribution in [0.2, 0.25) is 0 Å². The minimum absolute atomic E-state index is 0.121. The van der Waals surface area contributed by atoms with Crippen LogP contribution in [0.15, 0.2) is 61.4 Å². The van der Waals surface area contributed by atoms with Crippen LogP contribution in [0.5, 0.6) is 11.5 Å². The molecule has 0 atom stereocenters. The van der Waals surface area contributed by atoms with Crippen molar-refractivity contribution in [3.63, 3.8) is 0 Å². The number of carbonyl (C=O) groups excluding carboxylic acids is 1. The average molecular weight is 517 g/mol. The van der Waals surface area contributed by atoms with Crippen molar-refractivity contribution in [2.24, 2.45) is 0 Å². The lowest BCUT2D eigenvalue weighted by molar-refractivity contribution is 0.0827. The van der Waals surface area contributed by atoms with Crippen LogP contribution in [0.25, 0.3) is 11.1 Å². The Labute approximate surface area is 218 Å². The second-order valence-corrected chi connectivity index (χ2v) is 8.73. The molecule has 4 aromatic rings. The van der Waals surface area contributed by atoms with Crippen molar-refractivity contribution in [2.75, 3.05) is 32.3 Å². The standard InChI is InChI=1S/C25H24N8O3S/c1-32(2)24(34)18-6-7-21(23(11-18)35-3)31-25-28-13-20(14-29-25)17-4-5-19(12-26)22(10-17)36-37-9-8-33-16-27-15-30-33/h4-7,10-11,13-16H,8-9H2,1-3H3,(H,28,29,31). The second kappa shape index (κ2) is 11.9. The van der Waals surface area contributed by atoms with Gasteiger partial charge in [0.2, 0.25) is 5.95 Å². The van der Waals surface area contributed by atoms with Crippen LogP contribution >= 0.6 is 12.0 Å². The lowest BCUT2D eigenvalue weighted by Crippen LogP contribution is -2.21. The maximum Gasteiger partial charge on any atom is 0.253 e. The van der Waals surface area contributed by atoms with E-state index in [4.69, 9.17) is 8.92 Å². The van der Waals surface area contributed by atoms with Crippen molar-refractivity contribution in [1.82, 2.24) is 29.6 Å². The molecule has 12 heteroatoms. The van der Waals surface area contributed by atoms with Gasteiger partial charge in [-0.1, -0.05) is 6.07 Å². The van der Waals surface area contributed by atoms with Gasteiger partial charge in [-0.15, -0.1) is 0 Å². The normalized spacial score (nSPS) is 10.4. The Morgan fingerprint density at radius 2 is 1.95 bits per heavy atom. The molecule has 37 heavy (non-hydrogen) atoms. The molecule has 2 aromatic carbocycles. The Bertz CT molecular complexity index is 1400. The van der Waals surface area contributed by atoms with Gasteiger partial charge in [0.15, 0.2) is 5.75 Å². The summed E-state index contributed by atoms with van der Waals surface area (Å²) in [5.41, 5.74) is 3.13. The quantitative estimate of drug-likeness (QED) is 0.245. The Morgan fingerprint density at radius 1 is 1.14 bits per heavy atom. The third-order valence-corrected chi connectivity index (χ3v) is 5.85. The summed E-state index contributed by atoms with van der Waals surface area (Å²) in [5.74, 6) is 1.83. The molecule has 0 saturated carbocycles. The van der Waals surface area contributed by atoms with E-state index in [1.54, 1.807) is 67.8 Å². The first kappa shape index (κ1) is 25.5. The van der Waals surface area contributed by atoms with E-state index in [9.17, 15) is 10.1 Å². The number of methoxy groups -OCH3 is 1. The number of nitriles is 1. The molecule has 0 aliphatic carbocycles. The lowest BCUT2D eigenvalue weighted by Gasteiger charge is -2.14. The van der Waals surface area contributed by atoms with Gasteiger partial charge >= 0.3 is 0 Å². The van der Waals surface area contributed by atoms with Crippen LogP contribution in [0.1, 0.15) is 15.9 Å². The van der Waals surface area contributed by atoms with Gasteiger partial charge in [-0.3, -0.25) is 9.48 Å². The summed E-state index contributed by atoms with van der Waals surface area (Å²) >= 11 is 1.23. The summed E-state index contributed by atoms with van der Waals surface area (Å²) in [4.78, 5) is 26.5. The number of nitrogens with zero attached hydrogens (tertiary/aromatic N) is 7. The molecule has 0 aliphatic heterocycles. The van der Waals surface area contributed by atoms with Crippen molar-refractivity contribution in [3.05, 3.63) is 72.6 Å². The summed E-state index contributed by atoms with van der Waals surface area (Å²) in [6.45, 7) is 0.633. The minimum atomic E-state index is -0.121. The third-order valence-electron chi connectivity index (χ3n) is 5.21. The number of amides is 1. The third kappa shape index (κ3) is 6.33. The highest BCUT2D eigenvalue weighted by molar-refractivity contribution is 7.95. The zero-order chi connectivity index (χ0) is 26.2. The van der Waals surface area contributed by atoms with Gasteiger partial charge in [0, 0.05) is 37.6 Å². The second-order valence-electron chi connectivity index (χ2n) is 7.92. The molecule has 0 fully saturated rings. The predicted octanol–water partition coefficient (Wildman–Crippen LogP) is 3.79. The molecular weight excluding hydrogens is 492 g/mol. The van der Waals surface area contributed by atoms with Gasteiger partial charge in [0.1, 0.15) is 24.5 Å². The molecule has 0 radical (unpaired) electrons. The number of benzene rings is 2. The molecule has 2 aromatic heterocycles. The van der Waals surface area contributed by atoms with Gasteiger partial charge in [-0.25, -0.2) is 15.0 Å². The fourth-order valence-electron chi connectivity index (χ4n) is 3.30. The number of hydrogen-bond acceptors (Lipinski definition) is 10. The zero-order valence-electron chi connectivity index (χ0n) is 20.5. The fourth-order valence-corrected chi connectivity index (χ4v) is 3.90. The van der Waals surface area contributed by atoms with E-state index in [0.717, 1.165) is 11.1 Å². The van der Waals surface area contributed by atoms with Gasteiger partial charge in [0.05, 0.1) is 42.7 Å². The summed E-state index contributed by atoms with van der Waals surface area (Å²) in [7, 11) is 4.92. The molecule has 0 bridgehead atoms. The summed E-state index contributed by atoms with van der Waals surface area (Å²) < 4.78 is 12.9. The molecular formula is C25H24N8O3S. The molecule has 1 N–H and O–H groups in total. The Kier molecular flexibility index (Phi) is 8.17. The number of rotatable bonds is 10. The molecule has 4 rings (SSSR count). The van der Waals surface area contributed by atoms with Crippen molar-refractivity contribution in [1.29, 1.82) is 5.26 Å². The maximum atomic E-state index is 12.2. The number of hydrogen-bond donors (Lipinski definition) is 1. The summed E-state index contributed by atoms with van der Waals surface area (Å²) in [6.07, 6.45) is 6.47. The summed E-state index contributed by atoms with van der Waals surface area (Å²) in [6, 6.07) is 12.6. The van der Waals surface area contributed by atoms with Gasteiger partial charge in [-0.2, -0.15) is 10.4 Å². The molecule has 2 heterocycles. The van der Waals surface area contributed by atoms with Gasteiger partial charge in [-0.05, 0) is 35.9 Å². The highest BCUT2D eigenvalue weighted by atomic mass is 32.2. The van der Waals surface area contributed by atoms with Crippen LogP contribution in [0, 0.1) is 11.3 Å². The van der Waals surface area contributed by atoms with Crippen molar-refractivity contribution in [2.45, 2.75) is 6.54 Å². The molecule has 0 saturated heterocycles. The molecule has 188 valence electrons. The largest absolute Gasteiger partial charge is 0.495 e. The van der Waals surface area contributed by atoms with E-state index in [1.807, 2.05) is 6.07 Å². The smallest absolute Gasteiger partial charge is 0.253 e. The Morgan fingerprint density at radius 3 is 2.62 bits per heavy atom. The van der Waals surface area contributed by atoms with Gasteiger partial charge in [0.25, 0.3) is 5.91 Å². The van der Waals surface area contributed by atoms with Crippen molar-refractivity contribution >= 4 is 29.6 Å².